The van der Waals surface area contributed by atoms with Gasteiger partial charge in [0.25, 0.3) is 0 Å². The molecule has 0 aliphatic rings. The van der Waals surface area contributed by atoms with Gasteiger partial charge in [0.05, 0.1) is 11.9 Å². The van der Waals surface area contributed by atoms with Gasteiger partial charge in [-0.3, -0.25) is 0 Å². The van der Waals surface area contributed by atoms with Crippen molar-refractivity contribution in [2.24, 2.45) is 0 Å². The Morgan fingerprint density at radius 1 is 1.26 bits per heavy atom. The van der Waals surface area contributed by atoms with Crippen molar-refractivity contribution >= 4 is 17.7 Å². The largest absolute Gasteiger partial charge is 0.368 e. The average Bonchev–Trinajstić information content (AvgIpc) is 3.06. The second-order valence-electron chi connectivity index (χ2n) is 3.92. The third kappa shape index (κ3) is 2.76. The number of benzene rings is 1. The Balaban J connectivity index is 1.68. The number of nitrogen functional groups attached to an aromatic ring is 1. The van der Waals surface area contributed by atoms with Crippen molar-refractivity contribution in [3.63, 3.8) is 0 Å². The summed E-state index contributed by atoms with van der Waals surface area (Å²) in [7, 11) is 0. The standard InChI is InChI=1S/C12H12N6S/c13-11-15-12(17-16-11)19-8-9-6-14-18(7-9)10-4-2-1-3-5-10/h1-7H,8H2,(H3,13,15,16,17). The predicted octanol–water partition coefficient (Wildman–Crippen LogP) is 1.86. The van der Waals surface area contributed by atoms with Crippen LogP contribution in [0.25, 0.3) is 5.69 Å². The average molecular weight is 272 g/mol. The lowest BCUT2D eigenvalue weighted by atomic mass is 10.3. The minimum Gasteiger partial charge on any atom is -0.368 e. The van der Waals surface area contributed by atoms with Gasteiger partial charge in [0.1, 0.15) is 0 Å². The molecule has 0 saturated carbocycles. The Morgan fingerprint density at radius 3 is 2.84 bits per heavy atom. The van der Waals surface area contributed by atoms with E-state index in [1.165, 1.54) is 11.8 Å². The topological polar surface area (TPSA) is 85.4 Å². The molecule has 0 aliphatic carbocycles. The lowest BCUT2D eigenvalue weighted by Crippen LogP contribution is -1.92. The minimum atomic E-state index is 0.336. The normalized spacial score (nSPS) is 10.7. The van der Waals surface area contributed by atoms with E-state index in [-0.39, 0.29) is 0 Å². The number of nitrogens with one attached hydrogen (secondary N) is 1. The number of hydrogen-bond acceptors (Lipinski definition) is 5. The molecule has 3 N–H and O–H groups in total. The summed E-state index contributed by atoms with van der Waals surface area (Å²) < 4.78 is 1.85. The van der Waals surface area contributed by atoms with Gasteiger partial charge in [-0.15, -0.1) is 5.10 Å². The number of nitrogens with two attached hydrogens (primary N) is 1. The highest BCUT2D eigenvalue weighted by molar-refractivity contribution is 7.98. The molecule has 2 aromatic heterocycles. The lowest BCUT2D eigenvalue weighted by molar-refractivity contribution is 0.880. The number of rotatable bonds is 4. The van der Waals surface area contributed by atoms with Crippen LogP contribution in [0.3, 0.4) is 0 Å². The van der Waals surface area contributed by atoms with Crippen LogP contribution in [0, 0.1) is 0 Å². The number of aromatic amines is 1. The van der Waals surface area contributed by atoms with E-state index in [4.69, 9.17) is 5.73 Å². The van der Waals surface area contributed by atoms with Crippen LogP contribution in [0.2, 0.25) is 0 Å². The molecule has 0 saturated heterocycles. The third-order valence-electron chi connectivity index (χ3n) is 2.51. The lowest BCUT2D eigenvalue weighted by Gasteiger charge is -1.98. The maximum absolute atomic E-state index is 5.47. The first-order valence-electron chi connectivity index (χ1n) is 5.71. The van der Waals surface area contributed by atoms with Gasteiger partial charge in [-0.05, 0) is 12.1 Å². The van der Waals surface area contributed by atoms with Crippen LogP contribution in [0.5, 0.6) is 0 Å². The molecule has 96 valence electrons. The Labute approximate surface area is 114 Å². The van der Waals surface area contributed by atoms with Crippen molar-refractivity contribution < 1.29 is 0 Å². The molecule has 0 unspecified atom stereocenters. The fraction of sp³-hybridized carbons (Fsp3) is 0.0833. The SMILES string of the molecule is Nc1nc(SCc2cnn(-c3ccccc3)c2)n[nH]1. The number of para-hydroxylation sites is 1. The van der Waals surface area contributed by atoms with Crippen molar-refractivity contribution in [1.82, 2.24) is 25.0 Å². The number of nitrogens with zero attached hydrogens (tertiary/aromatic N) is 4. The highest BCUT2D eigenvalue weighted by Gasteiger charge is 2.04. The van der Waals surface area contributed by atoms with Crippen LogP contribution in [0.4, 0.5) is 5.95 Å². The van der Waals surface area contributed by atoms with E-state index in [9.17, 15) is 0 Å². The Bertz CT molecular complexity index is 660. The molecule has 0 atom stereocenters. The summed E-state index contributed by atoms with van der Waals surface area (Å²) >= 11 is 1.52. The summed E-state index contributed by atoms with van der Waals surface area (Å²) in [5.41, 5.74) is 7.62. The van der Waals surface area contributed by atoms with Gasteiger partial charge in [-0.2, -0.15) is 10.1 Å². The molecular formula is C12H12N6S. The van der Waals surface area contributed by atoms with Gasteiger partial charge < -0.3 is 5.73 Å². The van der Waals surface area contributed by atoms with E-state index in [0.717, 1.165) is 17.0 Å². The van der Waals surface area contributed by atoms with Crippen LogP contribution in [-0.4, -0.2) is 25.0 Å². The van der Waals surface area contributed by atoms with Crippen molar-refractivity contribution in [2.45, 2.75) is 10.9 Å². The first-order chi connectivity index (χ1) is 9.31. The molecule has 1 aromatic carbocycles. The second kappa shape index (κ2) is 5.15. The molecule has 3 rings (SSSR count). The fourth-order valence-electron chi connectivity index (χ4n) is 1.63. The molecule has 19 heavy (non-hydrogen) atoms. The third-order valence-corrected chi connectivity index (χ3v) is 3.43. The predicted molar refractivity (Wildman–Crippen MR) is 73.9 cm³/mol. The number of anilines is 1. The van der Waals surface area contributed by atoms with E-state index >= 15 is 0 Å². The van der Waals surface area contributed by atoms with E-state index in [1.54, 1.807) is 0 Å². The minimum absolute atomic E-state index is 0.336. The van der Waals surface area contributed by atoms with E-state index in [0.29, 0.717) is 11.1 Å². The first-order valence-corrected chi connectivity index (χ1v) is 6.69. The summed E-state index contributed by atoms with van der Waals surface area (Å²) in [6, 6.07) is 9.99. The molecular weight excluding hydrogens is 260 g/mol. The molecule has 0 bridgehead atoms. The van der Waals surface area contributed by atoms with Crippen molar-refractivity contribution in [3.05, 3.63) is 48.3 Å². The van der Waals surface area contributed by atoms with Crippen LogP contribution in [-0.2, 0) is 5.75 Å². The van der Waals surface area contributed by atoms with Crippen molar-refractivity contribution in [2.75, 3.05) is 5.73 Å². The van der Waals surface area contributed by atoms with Gasteiger partial charge >= 0.3 is 0 Å². The van der Waals surface area contributed by atoms with Gasteiger partial charge in [-0.25, -0.2) is 9.78 Å². The zero-order valence-electron chi connectivity index (χ0n) is 10.0. The van der Waals surface area contributed by atoms with Gasteiger partial charge in [0.15, 0.2) is 0 Å². The summed E-state index contributed by atoms with van der Waals surface area (Å²) in [5.74, 6) is 1.09. The molecule has 0 spiro atoms. The summed E-state index contributed by atoms with van der Waals surface area (Å²) in [6.07, 6.45) is 3.84. The number of aromatic nitrogens is 5. The quantitative estimate of drug-likeness (QED) is 0.708. The van der Waals surface area contributed by atoms with Crippen molar-refractivity contribution in [1.29, 1.82) is 0 Å². The van der Waals surface area contributed by atoms with E-state index in [1.807, 2.05) is 47.4 Å². The van der Waals surface area contributed by atoms with Crippen LogP contribution in [0.15, 0.2) is 47.9 Å². The molecule has 6 nitrogen and oxygen atoms in total. The highest BCUT2D eigenvalue weighted by atomic mass is 32.2. The first kappa shape index (κ1) is 11.8. The summed E-state index contributed by atoms with van der Waals surface area (Å²) in [4.78, 5) is 4.04. The fourth-order valence-corrected chi connectivity index (χ4v) is 2.35. The summed E-state index contributed by atoms with van der Waals surface area (Å²) in [6.45, 7) is 0. The Hall–Kier alpha value is -2.28. The van der Waals surface area contributed by atoms with Crippen LogP contribution < -0.4 is 5.73 Å². The van der Waals surface area contributed by atoms with Crippen molar-refractivity contribution in [3.8, 4) is 5.69 Å². The highest BCUT2D eigenvalue weighted by Crippen LogP contribution is 2.19. The van der Waals surface area contributed by atoms with Gasteiger partial charge in [-0.1, -0.05) is 30.0 Å². The zero-order chi connectivity index (χ0) is 13.1. The molecule has 0 radical (unpaired) electrons. The maximum atomic E-state index is 5.47. The Kier molecular flexibility index (Phi) is 3.20. The monoisotopic (exact) mass is 272 g/mol. The second-order valence-corrected chi connectivity index (χ2v) is 4.86. The van der Waals surface area contributed by atoms with Gasteiger partial charge in [0, 0.05) is 17.5 Å². The molecule has 7 heteroatoms. The van der Waals surface area contributed by atoms with Gasteiger partial charge in [0.2, 0.25) is 11.1 Å². The molecule has 0 amide bonds. The number of thioether (sulfide) groups is 1. The molecule has 0 fully saturated rings. The zero-order valence-corrected chi connectivity index (χ0v) is 10.8. The molecule has 0 aliphatic heterocycles. The molecule has 3 aromatic rings. The Morgan fingerprint density at radius 2 is 2.11 bits per heavy atom. The van der Waals surface area contributed by atoms with Crippen LogP contribution in [0.1, 0.15) is 5.56 Å². The van der Waals surface area contributed by atoms with Crippen LogP contribution >= 0.6 is 11.8 Å². The van der Waals surface area contributed by atoms with E-state index in [2.05, 4.69) is 20.3 Å². The summed E-state index contributed by atoms with van der Waals surface area (Å²) in [5, 5.41) is 11.6. The van der Waals surface area contributed by atoms with E-state index < -0.39 is 0 Å². The smallest absolute Gasteiger partial charge is 0.216 e. The maximum Gasteiger partial charge on any atom is 0.216 e. The number of H-pyrrole nitrogens is 1. The number of hydrogen-bond donors (Lipinski definition) is 2. The molecule has 2 heterocycles.